The van der Waals surface area contributed by atoms with Crippen LogP contribution in [0.25, 0.3) is 0 Å². The van der Waals surface area contributed by atoms with Crippen LogP contribution in [0.2, 0.25) is 0 Å². The van der Waals surface area contributed by atoms with Crippen LogP contribution in [0, 0.1) is 10.1 Å². The molecule has 9 heteroatoms. The van der Waals surface area contributed by atoms with Crippen molar-refractivity contribution in [3.8, 4) is 5.75 Å². The molecule has 0 aliphatic heterocycles. The highest BCUT2D eigenvalue weighted by Crippen LogP contribution is 2.28. The molecule has 1 rings (SSSR count). The fourth-order valence-corrected chi connectivity index (χ4v) is 1.63. The Balaban J connectivity index is 3.13. The number of sulfonamides is 1. The topological polar surface area (TPSA) is 110 Å². The predicted octanol–water partition coefficient (Wildman–Crippen LogP) is 1.24. The highest BCUT2D eigenvalue weighted by atomic mass is 35.5. The van der Waals surface area contributed by atoms with E-state index in [2.05, 4.69) is 0 Å². The summed E-state index contributed by atoms with van der Waals surface area (Å²) in [7, 11) is -3.80. The van der Waals surface area contributed by atoms with Gasteiger partial charge in [-0.25, -0.2) is 8.42 Å². The zero-order valence-electron chi connectivity index (χ0n) is 7.75. The monoisotopic (exact) mass is 266 g/mol. The van der Waals surface area contributed by atoms with E-state index in [0.717, 1.165) is 18.2 Å². The van der Waals surface area contributed by atoms with Crippen molar-refractivity contribution in [3.63, 3.8) is 0 Å². The second-order valence-electron chi connectivity index (χ2n) is 2.78. The van der Waals surface area contributed by atoms with E-state index in [9.17, 15) is 23.6 Å². The molecule has 16 heavy (non-hydrogen) atoms. The molecular formula is C7H7ClN2O5S. The molecule has 7 nitrogen and oxygen atoms in total. The fourth-order valence-electron chi connectivity index (χ4n) is 0.914. The molecule has 0 radical (unpaired) electrons. The Morgan fingerprint density at radius 1 is 1.50 bits per heavy atom. The van der Waals surface area contributed by atoms with Crippen molar-refractivity contribution in [2.45, 2.75) is 0 Å². The number of non-ortho nitro benzene ring substituents is 1. The molecule has 0 saturated heterocycles. The van der Waals surface area contributed by atoms with E-state index in [0.29, 0.717) is 0 Å². The van der Waals surface area contributed by atoms with Crippen molar-refractivity contribution in [2.75, 3.05) is 9.93 Å². The summed E-state index contributed by atoms with van der Waals surface area (Å²) >= 11 is 5.13. The Morgan fingerprint density at radius 3 is 2.62 bits per heavy atom. The number of anilines is 1. The van der Waals surface area contributed by atoms with Crippen molar-refractivity contribution in [3.05, 3.63) is 28.3 Å². The van der Waals surface area contributed by atoms with Gasteiger partial charge < -0.3 is 5.11 Å². The van der Waals surface area contributed by atoms with Crippen molar-refractivity contribution in [1.29, 1.82) is 0 Å². The summed E-state index contributed by atoms with van der Waals surface area (Å²) in [5, 5.41) is 19.0. The lowest BCUT2D eigenvalue weighted by atomic mass is 10.2. The first-order valence-corrected chi connectivity index (χ1v) is 6.08. The Hall–Kier alpha value is -1.54. The number of nitrogens with one attached hydrogen (secondary N) is 1. The Bertz CT molecular complexity index is 516. The van der Waals surface area contributed by atoms with E-state index in [1.54, 1.807) is 0 Å². The minimum atomic E-state index is -3.80. The number of benzene rings is 1. The van der Waals surface area contributed by atoms with Crippen LogP contribution < -0.4 is 4.72 Å². The van der Waals surface area contributed by atoms with Gasteiger partial charge in [-0.15, -0.1) is 11.6 Å². The second-order valence-corrected chi connectivity index (χ2v) is 5.09. The summed E-state index contributed by atoms with van der Waals surface area (Å²) in [4.78, 5) is 9.71. The van der Waals surface area contributed by atoms with Crippen LogP contribution in [0.5, 0.6) is 5.75 Å². The molecule has 0 amide bonds. The van der Waals surface area contributed by atoms with Gasteiger partial charge in [-0.1, -0.05) is 0 Å². The van der Waals surface area contributed by atoms with Crippen molar-refractivity contribution >= 4 is 33.0 Å². The quantitative estimate of drug-likeness (QED) is 0.369. The van der Waals surface area contributed by atoms with E-state index in [4.69, 9.17) is 11.6 Å². The molecule has 0 aromatic heterocycles. The molecule has 88 valence electrons. The summed E-state index contributed by atoms with van der Waals surface area (Å²) in [6.45, 7) is 0. The molecule has 0 aliphatic carbocycles. The third-order valence-electron chi connectivity index (χ3n) is 1.60. The Morgan fingerprint density at radius 2 is 2.12 bits per heavy atom. The molecule has 1 aromatic carbocycles. The van der Waals surface area contributed by atoms with Gasteiger partial charge in [-0.05, 0) is 6.07 Å². The lowest BCUT2D eigenvalue weighted by molar-refractivity contribution is -0.384. The highest BCUT2D eigenvalue weighted by Gasteiger charge is 2.15. The molecule has 0 atom stereocenters. The summed E-state index contributed by atoms with van der Waals surface area (Å²) in [6, 6.07) is 2.97. The zero-order valence-corrected chi connectivity index (χ0v) is 9.33. The van der Waals surface area contributed by atoms with Crippen LogP contribution in [-0.2, 0) is 10.0 Å². The van der Waals surface area contributed by atoms with Crippen molar-refractivity contribution in [2.24, 2.45) is 0 Å². The van der Waals surface area contributed by atoms with Crippen LogP contribution in [0.3, 0.4) is 0 Å². The first kappa shape index (κ1) is 12.5. The van der Waals surface area contributed by atoms with E-state index >= 15 is 0 Å². The maximum Gasteiger partial charge on any atom is 0.271 e. The van der Waals surface area contributed by atoms with E-state index in [-0.39, 0.29) is 11.4 Å². The van der Waals surface area contributed by atoms with Crippen LogP contribution >= 0.6 is 11.6 Å². The molecule has 2 N–H and O–H groups in total. The van der Waals surface area contributed by atoms with Crippen LogP contribution in [-0.4, -0.2) is 23.7 Å². The predicted molar refractivity (Wildman–Crippen MR) is 58.0 cm³/mol. The van der Waals surface area contributed by atoms with Gasteiger partial charge >= 0.3 is 0 Å². The smallest absolute Gasteiger partial charge is 0.271 e. The molecular weight excluding hydrogens is 260 g/mol. The molecule has 0 unspecified atom stereocenters. The third kappa shape index (κ3) is 2.97. The standard InChI is InChI=1S/C7H7ClN2O5S/c8-4-16(14,15)9-6-3-5(10(12)13)1-2-7(6)11/h1-3,9,11H,4H2. The van der Waals surface area contributed by atoms with E-state index < -0.39 is 25.9 Å². The minimum absolute atomic E-state index is 0.283. The molecule has 0 bridgehead atoms. The number of phenolic OH excluding ortho intramolecular Hbond substituents is 1. The number of nitro benzene ring substituents is 1. The number of hydrogen-bond acceptors (Lipinski definition) is 5. The van der Waals surface area contributed by atoms with Gasteiger partial charge in [0.15, 0.2) is 0 Å². The summed E-state index contributed by atoms with van der Waals surface area (Å²) in [5.74, 6) is -0.417. The largest absolute Gasteiger partial charge is 0.506 e. The Kier molecular flexibility index (Phi) is 3.55. The van der Waals surface area contributed by atoms with Crippen molar-refractivity contribution in [1.82, 2.24) is 0 Å². The van der Waals surface area contributed by atoms with E-state index in [1.807, 2.05) is 4.72 Å². The average Bonchev–Trinajstić information content (AvgIpc) is 2.21. The first-order valence-electron chi connectivity index (χ1n) is 3.89. The van der Waals surface area contributed by atoms with Gasteiger partial charge in [0.2, 0.25) is 10.0 Å². The van der Waals surface area contributed by atoms with Gasteiger partial charge in [0.25, 0.3) is 5.69 Å². The first-order chi connectivity index (χ1) is 7.35. The number of nitrogens with zero attached hydrogens (tertiary/aromatic N) is 1. The molecule has 0 heterocycles. The van der Waals surface area contributed by atoms with Crippen LogP contribution in [0.1, 0.15) is 0 Å². The number of nitro groups is 1. The lowest BCUT2D eigenvalue weighted by Gasteiger charge is -2.06. The van der Waals surface area contributed by atoms with Crippen LogP contribution in [0.15, 0.2) is 18.2 Å². The number of aromatic hydroxyl groups is 1. The SMILES string of the molecule is O=[N+]([O-])c1ccc(O)c(NS(=O)(=O)CCl)c1. The molecule has 0 saturated carbocycles. The summed E-state index contributed by atoms with van der Waals surface area (Å²) in [5.41, 5.74) is -0.625. The Labute approximate surface area is 95.9 Å². The van der Waals surface area contributed by atoms with Gasteiger partial charge in [0.1, 0.15) is 11.0 Å². The zero-order chi connectivity index (χ0) is 12.3. The van der Waals surface area contributed by atoms with E-state index in [1.165, 1.54) is 0 Å². The second kappa shape index (κ2) is 4.54. The van der Waals surface area contributed by atoms with Crippen LogP contribution in [0.4, 0.5) is 11.4 Å². The minimum Gasteiger partial charge on any atom is -0.506 e. The van der Waals surface area contributed by atoms with Gasteiger partial charge in [-0.3, -0.25) is 14.8 Å². The maximum absolute atomic E-state index is 11.1. The number of rotatable bonds is 4. The normalized spacial score (nSPS) is 11.1. The number of halogens is 1. The summed E-state index contributed by atoms with van der Waals surface area (Å²) < 4.78 is 24.1. The van der Waals surface area contributed by atoms with Gasteiger partial charge in [-0.2, -0.15) is 0 Å². The fraction of sp³-hybridized carbons (Fsp3) is 0.143. The average molecular weight is 267 g/mol. The molecule has 0 fully saturated rings. The number of phenols is 1. The number of alkyl halides is 1. The highest BCUT2D eigenvalue weighted by molar-refractivity contribution is 7.93. The van der Waals surface area contributed by atoms with Crippen molar-refractivity contribution < 1.29 is 18.4 Å². The lowest BCUT2D eigenvalue weighted by Crippen LogP contribution is -2.13. The molecule has 0 spiro atoms. The maximum atomic E-state index is 11.1. The third-order valence-corrected chi connectivity index (χ3v) is 3.28. The van der Waals surface area contributed by atoms with Gasteiger partial charge in [0.05, 0.1) is 10.6 Å². The molecule has 1 aromatic rings. The summed E-state index contributed by atoms with van der Waals surface area (Å²) in [6.07, 6.45) is 0. The molecule has 0 aliphatic rings. The number of hydrogen-bond donors (Lipinski definition) is 2. The van der Waals surface area contributed by atoms with Gasteiger partial charge in [0, 0.05) is 12.1 Å².